The van der Waals surface area contributed by atoms with Crippen molar-refractivity contribution in [1.82, 2.24) is 4.57 Å². The van der Waals surface area contributed by atoms with E-state index in [0.717, 1.165) is 20.7 Å². The number of anilines is 1. The molecule has 3 aliphatic rings. The highest BCUT2D eigenvalue weighted by molar-refractivity contribution is 8.00. The highest BCUT2D eigenvalue weighted by Gasteiger charge is 2.55. The van der Waals surface area contributed by atoms with Crippen molar-refractivity contribution in [2.45, 2.75) is 42.0 Å². The Kier molecular flexibility index (Phi) is 5.74. The molecule has 1 amide bonds. The minimum atomic E-state index is -0.202. The highest BCUT2D eigenvalue weighted by Crippen LogP contribution is 2.64. The summed E-state index contributed by atoms with van der Waals surface area (Å²) >= 11 is 9.34. The summed E-state index contributed by atoms with van der Waals surface area (Å²) in [5, 5.41) is 5.11. The summed E-state index contributed by atoms with van der Waals surface area (Å²) in [5.74, 6) is 2.66. The monoisotopic (exact) mass is 512 g/mol. The Morgan fingerprint density at radius 2 is 1.85 bits per heavy atom. The van der Waals surface area contributed by atoms with Gasteiger partial charge in [-0.3, -0.25) is 14.2 Å². The number of fused-ring (bicyclic) bond motifs is 6. The summed E-state index contributed by atoms with van der Waals surface area (Å²) < 4.78 is 6.87. The number of aromatic nitrogens is 1. The van der Waals surface area contributed by atoms with Crippen molar-refractivity contribution in [1.29, 1.82) is 0 Å². The quantitative estimate of drug-likeness (QED) is 0.465. The molecule has 0 spiro atoms. The summed E-state index contributed by atoms with van der Waals surface area (Å²) in [4.78, 5) is 27.1. The van der Waals surface area contributed by atoms with E-state index in [1.165, 1.54) is 36.2 Å². The smallest absolute Gasteiger partial charge is 0.308 e. The van der Waals surface area contributed by atoms with Crippen LogP contribution in [0.2, 0.25) is 5.02 Å². The van der Waals surface area contributed by atoms with Gasteiger partial charge < -0.3 is 10.1 Å². The molecule has 2 fully saturated rings. The fraction of sp³-hybridized carbons (Fsp3) is 0.385. The molecular formula is C26H25ClN2O3S2. The Hall–Kier alpha value is -2.22. The fourth-order valence-corrected chi connectivity index (χ4v) is 9.43. The van der Waals surface area contributed by atoms with Crippen molar-refractivity contribution < 1.29 is 9.53 Å². The standard InChI is InChI=1S/C26H25ClN2O3S2/c1-32-19-10-8-18(9-11-19)28-20(30)13-29-25-24(34-26(29)31)21(14-4-6-17(27)7-5-14)22-15-2-3-16(12-15)23(22)33-25/h4-11,15-16,21-23H,2-3,12-13H2,1H3,(H,28,30)/t15-,16+,21+,22+,23+/m1/s1. The largest absolute Gasteiger partial charge is 0.497 e. The Labute approximate surface area is 211 Å². The second-order valence-corrected chi connectivity index (χ2v) is 12.0. The maximum Gasteiger partial charge on any atom is 0.308 e. The first kappa shape index (κ1) is 22.3. The van der Waals surface area contributed by atoms with Crippen molar-refractivity contribution in [2.24, 2.45) is 17.8 Å². The Balaban J connectivity index is 1.33. The molecule has 2 aliphatic carbocycles. The third kappa shape index (κ3) is 3.78. The van der Waals surface area contributed by atoms with E-state index >= 15 is 0 Å². The molecule has 176 valence electrons. The van der Waals surface area contributed by atoms with Crippen molar-refractivity contribution in [3.8, 4) is 5.75 Å². The van der Waals surface area contributed by atoms with Gasteiger partial charge in [-0.05, 0) is 79.0 Å². The first-order valence-electron chi connectivity index (χ1n) is 11.6. The number of nitrogens with zero attached hydrogens (tertiary/aromatic N) is 1. The van der Waals surface area contributed by atoms with Crippen LogP contribution >= 0.6 is 34.7 Å². The molecule has 5 nitrogen and oxygen atoms in total. The Morgan fingerprint density at radius 3 is 2.59 bits per heavy atom. The minimum Gasteiger partial charge on any atom is -0.497 e. The lowest BCUT2D eigenvalue weighted by molar-refractivity contribution is -0.116. The first-order chi connectivity index (χ1) is 16.5. The molecule has 3 aromatic rings. The van der Waals surface area contributed by atoms with Gasteiger partial charge in [-0.2, -0.15) is 0 Å². The average molecular weight is 513 g/mol. The molecule has 5 atom stereocenters. The SMILES string of the molecule is COc1ccc(NC(=O)Cn2c3c(sc2=O)[C@@H](c2ccc(Cl)cc2)[C@@H]2[C@@H]4CC[C@@H](C4)[C@@H]2S3)cc1. The number of carbonyl (C=O) groups is 1. The molecule has 1 aliphatic heterocycles. The molecule has 2 bridgehead atoms. The van der Waals surface area contributed by atoms with Crippen LogP contribution in [0.5, 0.6) is 5.75 Å². The van der Waals surface area contributed by atoms with Crippen LogP contribution in [0.4, 0.5) is 5.69 Å². The van der Waals surface area contributed by atoms with E-state index < -0.39 is 0 Å². The van der Waals surface area contributed by atoms with Gasteiger partial charge in [-0.15, -0.1) is 11.8 Å². The summed E-state index contributed by atoms with van der Waals surface area (Å²) in [6, 6.07) is 15.3. The van der Waals surface area contributed by atoms with Crippen LogP contribution in [-0.2, 0) is 11.3 Å². The lowest BCUT2D eigenvalue weighted by Crippen LogP contribution is -2.34. The lowest BCUT2D eigenvalue weighted by Gasteiger charge is -2.40. The van der Waals surface area contributed by atoms with E-state index in [9.17, 15) is 9.59 Å². The van der Waals surface area contributed by atoms with Crippen LogP contribution in [0.1, 0.15) is 35.6 Å². The van der Waals surface area contributed by atoms with E-state index in [1.807, 2.05) is 23.9 Å². The molecule has 2 aromatic carbocycles. The zero-order valence-corrected chi connectivity index (χ0v) is 21.1. The average Bonchev–Trinajstić information content (AvgIpc) is 3.53. The summed E-state index contributed by atoms with van der Waals surface area (Å²) in [6.45, 7) is 0.0164. The molecule has 1 aromatic heterocycles. The summed E-state index contributed by atoms with van der Waals surface area (Å²) in [6.07, 6.45) is 3.84. The van der Waals surface area contributed by atoms with E-state index in [4.69, 9.17) is 16.3 Å². The van der Waals surface area contributed by atoms with Gasteiger partial charge >= 0.3 is 4.87 Å². The summed E-state index contributed by atoms with van der Waals surface area (Å²) in [7, 11) is 1.61. The van der Waals surface area contributed by atoms with Crippen LogP contribution < -0.4 is 14.9 Å². The molecule has 6 rings (SSSR count). The third-order valence-electron chi connectivity index (χ3n) is 7.60. The highest BCUT2D eigenvalue weighted by atomic mass is 35.5. The predicted octanol–water partition coefficient (Wildman–Crippen LogP) is 5.86. The number of halogens is 1. The molecule has 2 heterocycles. The van der Waals surface area contributed by atoms with Gasteiger partial charge in [0.1, 0.15) is 12.3 Å². The van der Waals surface area contributed by atoms with Crippen molar-refractivity contribution in [3.63, 3.8) is 0 Å². The molecule has 0 radical (unpaired) electrons. The van der Waals surface area contributed by atoms with Crippen LogP contribution in [-0.4, -0.2) is 22.8 Å². The van der Waals surface area contributed by atoms with Crippen molar-refractivity contribution in [3.05, 3.63) is 73.7 Å². The number of ether oxygens (including phenoxy) is 1. The molecular weight excluding hydrogens is 488 g/mol. The number of hydrogen-bond donors (Lipinski definition) is 1. The predicted molar refractivity (Wildman–Crippen MR) is 137 cm³/mol. The topological polar surface area (TPSA) is 60.3 Å². The fourth-order valence-electron chi connectivity index (χ4n) is 6.15. The lowest BCUT2D eigenvalue weighted by atomic mass is 9.75. The van der Waals surface area contributed by atoms with Gasteiger partial charge in [-0.1, -0.05) is 35.1 Å². The van der Waals surface area contributed by atoms with Crippen molar-refractivity contribution in [2.75, 3.05) is 12.4 Å². The number of nitrogens with one attached hydrogen (secondary N) is 1. The summed E-state index contributed by atoms with van der Waals surface area (Å²) in [5.41, 5.74) is 1.91. The molecule has 1 N–H and O–H groups in total. The number of thiazole rings is 1. The van der Waals surface area contributed by atoms with Gasteiger partial charge in [0, 0.05) is 26.8 Å². The van der Waals surface area contributed by atoms with E-state index in [-0.39, 0.29) is 23.2 Å². The number of carbonyl (C=O) groups excluding carboxylic acids is 1. The number of rotatable bonds is 5. The van der Waals surface area contributed by atoms with E-state index in [2.05, 4.69) is 17.4 Å². The van der Waals surface area contributed by atoms with Crippen LogP contribution in [0.3, 0.4) is 0 Å². The number of amides is 1. The maximum atomic E-state index is 13.2. The normalized spacial score (nSPS) is 26.7. The number of hydrogen-bond acceptors (Lipinski definition) is 5. The molecule has 0 unspecified atom stereocenters. The third-order valence-corrected chi connectivity index (χ3v) is 10.7. The zero-order chi connectivity index (χ0) is 23.4. The maximum absolute atomic E-state index is 13.2. The van der Waals surface area contributed by atoms with Gasteiger partial charge in [-0.25, -0.2) is 0 Å². The van der Waals surface area contributed by atoms with Crippen LogP contribution in [0.25, 0.3) is 0 Å². The van der Waals surface area contributed by atoms with E-state index in [1.54, 1.807) is 35.9 Å². The second kappa shape index (κ2) is 8.77. The van der Waals surface area contributed by atoms with Crippen molar-refractivity contribution >= 4 is 46.3 Å². The molecule has 34 heavy (non-hydrogen) atoms. The van der Waals surface area contributed by atoms with Gasteiger partial charge in [0.15, 0.2) is 0 Å². The minimum absolute atomic E-state index is 0.0164. The first-order valence-corrected chi connectivity index (χ1v) is 13.7. The number of thioether (sulfide) groups is 1. The Morgan fingerprint density at radius 1 is 1.12 bits per heavy atom. The van der Waals surface area contributed by atoms with Crippen LogP contribution in [0.15, 0.2) is 58.4 Å². The molecule has 0 saturated heterocycles. The van der Waals surface area contributed by atoms with Gasteiger partial charge in [0.25, 0.3) is 0 Å². The number of benzene rings is 2. The van der Waals surface area contributed by atoms with E-state index in [0.29, 0.717) is 28.7 Å². The molecule has 8 heteroatoms. The zero-order valence-electron chi connectivity index (χ0n) is 18.7. The second-order valence-electron chi connectivity index (χ2n) is 9.42. The molecule has 2 saturated carbocycles. The number of methoxy groups -OCH3 is 1. The van der Waals surface area contributed by atoms with Gasteiger partial charge in [0.05, 0.1) is 12.1 Å². The van der Waals surface area contributed by atoms with Crippen LogP contribution in [0, 0.1) is 17.8 Å². The van der Waals surface area contributed by atoms with Gasteiger partial charge in [0.2, 0.25) is 5.91 Å². The Bertz CT molecular complexity index is 1280.